The number of nitrogens with zero attached hydrogens (tertiary/aromatic N) is 6. The van der Waals surface area contributed by atoms with E-state index >= 15 is 4.39 Å². The summed E-state index contributed by atoms with van der Waals surface area (Å²) >= 11 is 0. The Bertz CT molecular complexity index is 1390. The van der Waals surface area contributed by atoms with Crippen LogP contribution in [-0.4, -0.2) is 95.8 Å². The van der Waals surface area contributed by atoms with Gasteiger partial charge in [-0.15, -0.1) is 0 Å². The molecule has 2 fully saturated rings. The van der Waals surface area contributed by atoms with Crippen LogP contribution in [0.3, 0.4) is 0 Å². The van der Waals surface area contributed by atoms with Gasteiger partial charge in [-0.3, -0.25) is 19.0 Å². The summed E-state index contributed by atoms with van der Waals surface area (Å²) in [5.41, 5.74) is 2.88. The maximum Gasteiger partial charge on any atom is 0.329 e. The maximum absolute atomic E-state index is 16.1. The molecule has 0 spiro atoms. The van der Waals surface area contributed by atoms with Gasteiger partial charge in [0, 0.05) is 57.1 Å². The molecule has 9 nitrogen and oxygen atoms in total. The van der Waals surface area contributed by atoms with Crippen LogP contribution in [0, 0.1) is 0 Å². The number of likely N-dealkylation sites (tertiary alicyclic amines) is 1. The first-order chi connectivity index (χ1) is 18.7. The van der Waals surface area contributed by atoms with Crippen LogP contribution in [0.2, 0.25) is 0 Å². The third-order valence-electron chi connectivity index (χ3n) is 8.68. The minimum Gasteiger partial charge on any atom is -0.486 e. The van der Waals surface area contributed by atoms with E-state index in [0.29, 0.717) is 42.5 Å². The number of hydrogen-bond donors (Lipinski definition) is 0. The van der Waals surface area contributed by atoms with Gasteiger partial charge in [0.25, 0.3) is 0 Å². The average Bonchev–Trinajstić information content (AvgIpc) is 3.44. The highest BCUT2D eigenvalue weighted by atomic mass is 19.1. The summed E-state index contributed by atoms with van der Waals surface area (Å²) in [5.74, 6) is -0.249. The van der Waals surface area contributed by atoms with Crippen molar-refractivity contribution in [3.8, 4) is 0 Å². The lowest BCUT2D eigenvalue weighted by atomic mass is 9.98. The molecule has 5 aliphatic rings. The van der Waals surface area contributed by atoms with Crippen molar-refractivity contribution in [3.63, 3.8) is 0 Å². The van der Waals surface area contributed by atoms with E-state index in [1.807, 2.05) is 19.3 Å². The monoisotopic (exact) mass is 536 g/mol. The zero-order valence-corrected chi connectivity index (χ0v) is 23.1. The third kappa shape index (κ3) is 4.54. The molecule has 5 aliphatic heterocycles. The van der Waals surface area contributed by atoms with Gasteiger partial charge in [0.2, 0.25) is 0 Å². The molecule has 0 aromatic carbocycles. The molecule has 6 heterocycles. The topological polar surface area (TPSA) is 67.5 Å². The van der Waals surface area contributed by atoms with Crippen molar-refractivity contribution in [3.05, 3.63) is 81.3 Å². The number of imidazole rings is 1. The van der Waals surface area contributed by atoms with Crippen LogP contribution >= 0.6 is 0 Å². The van der Waals surface area contributed by atoms with Crippen molar-refractivity contribution in [2.24, 2.45) is 12.0 Å². The number of rotatable bonds is 3. The van der Waals surface area contributed by atoms with E-state index < -0.39 is 11.9 Å². The normalized spacial score (nSPS) is 31.1. The van der Waals surface area contributed by atoms with Gasteiger partial charge in [0.1, 0.15) is 29.9 Å². The van der Waals surface area contributed by atoms with Gasteiger partial charge in [-0.1, -0.05) is 12.7 Å². The van der Waals surface area contributed by atoms with Crippen molar-refractivity contribution in [2.45, 2.75) is 43.6 Å². The van der Waals surface area contributed by atoms with Crippen molar-refractivity contribution >= 4 is 6.21 Å². The number of likely N-dealkylation sites (N-methyl/N-ethyl adjacent to an activating group) is 1. The molecule has 0 radical (unpaired) electrons. The van der Waals surface area contributed by atoms with Crippen molar-refractivity contribution in [1.29, 1.82) is 0 Å². The van der Waals surface area contributed by atoms with Crippen LogP contribution < -0.4 is 5.69 Å². The summed E-state index contributed by atoms with van der Waals surface area (Å²) in [6.45, 7) is 6.79. The quantitative estimate of drug-likeness (QED) is 0.592. The smallest absolute Gasteiger partial charge is 0.329 e. The molecule has 0 N–H and O–H groups in total. The Balaban J connectivity index is 1.33. The highest BCUT2D eigenvalue weighted by Crippen LogP contribution is 2.36. The lowest BCUT2D eigenvalue weighted by molar-refractivity contribution is 0.0723. The maximum atomic E-state index is 16.1. The first kappa shape index (κ1) is 26.0. The molecule has 3 atom stereocenters. The summed E-state index contributed by atoms with van der Waals surface area (Å²) in [7, 11) is 8.03. The number of aliphatic imine (C=N–C) groups is 1. The Morgan fingerprint density at radius 2 is 1.95 bits per heavy atom. The third-order valence-corrected chi connectivity index (χ3v) is 8.68. The number of halogens is 1. The van der Waals surface area contributed by atoms with E-state index in [4.69, 9.17) is 9.47 Å². The van der Waals surface area contributed by atoms with Gasteiger partial charge >= 0.3 is 5.69 Å². The number of hydrogen-bond acceptors (Lipinski definition) is 7. The Labute approximate surface area is 228 Å². The standard InChI is InChI=1S/C29H37FN6O3/c1-18-28(19-6-7-27(33(4)15-19)35-10-8-21(9-11-35)32(2)3)22(30)12-20-13-23-24(14-31-20)34(5)29(37)36(23)25-16-38-17-26(25)39-18/h6-7,12,14-15,21,25-27H,1,8-11,13,16-17H2,2-5H3/b20-12+,28-22-. The fraction of sp³-hybridized carbons (Fsp3) is 0.517. The van der Waals surface area contributed by atoms with E-state index in [9.17, 15) is 4.79 Å². The number of allylic oxidation sites excluding steroid dienone is 5. The zero-order valence-electron chi connectivity index (χ0n) is 23.1. The van der Waals surface area contributed by atoms with E-state index in [1.165, 1.54) is 6.08 Å². The molecule has 0 aliphatic carbocycles. The molecule has 1 aromatic rings. The molecular formula is C29H37FN6O3. The Kier molecular flexibility index (Phi) is 6.73. The highest BCUT2D eigenvalue weighted by molar-refractivity contribution is 5.82. The van der Waals surface area contributed by atoms with Gasteiger partial charge in [0.05, 0.1) is 36.4 Å². The van der Waals surface area contributed by atoms with Crippen LogP contribution in [0.4, 0.5) is 4.39 Å². The first-order valence-corrected chi connectivity index (χ1v) is 13.6. The molecule has 208 valence electrons. The van der Waals surface area contributed by atoms with Crippen molar-refractivity contribution < 1.29 is 13.9 Å². The summed E-state index contributed by atoms with van der Waals surface area (Å²) in [5, 5.41) is 0. The van der Waals surface area contributed by atoms with E-state index in [0.717, 1.165) is 37.3 Å². The first-order valence-electron chi connectivity index (χ1n) is 13.6. The van der Waals surface area contributed by atoms with E-state index in [2.05, 4.69) is 46.4 Å². The summed E-state index contributed by atoms with van der Waals surface area (Å²) in [6, 6.07) is 0.265. The fourth-order valence-corrected chi connectivity index (χ4v) is 6.45. The van der Waals surface area contributed by atoms with Gasteiger partial charge < -0.3 is 19.3 Å². The molecule has 0 saturated carbocycles. The van der Waals surface area contributed by atoms with Gasteiger partial charge in [0.15, 0.2) is 0 Å². The predicted octanol–water partition coefficient (Wildman–Crippen LogP) is 2.49. The van der Waals surface area contributed by atoms with Crippen molar-refractivity contribution in [2.75, 3.05) is 47.4 Å². The largest absolute Gasteiger partial charge is 0.486 e. The van der Waals surface area contributed by atoms with Crippen LogP contribution in [0.1, 0.15) is 30.3 Å². The molecule has 39 heavy (non-hydrogen) atoms. The Morgan fingerprint density at radius 3 is 2.67 bits per heavy atom. The second-order valence-corrected chi connectivity index (χ2v) is 11.3. The lowest BCUT2D eigenvalue weighted by Gasteiger charge is -2.42. The number of aromatic nitrogens is 2. The average molecular weight is 537 g/mol. The summed E-state index contributed by atoms with van der Waals surface area (Å²) in [4.78, 5) is 24.6. The minimum atomic E-state index is -0.471. The predicted molar refractivity (Wildman–Crippen MR) is 148 cm³/mol. The van der Waals surface area contributed by atoms with E-state index in [1.54, 1.807) is 22.4 Å². The zero-order chi connectivity index (χ0) is 27.4. The van der Waals surface area contributed by atoms with Gasteiger partial charge in [-0.2, -0.15) is 0 Å². The van der Waals surface area contributed by atoms with Gasteiger partial charge in [-0.05, 0) is 39.1 Å². The molecule has 0 amide bonds. The second-order valence-electron chi connectivity index (χ2n) is 11.3. The lowest BCUT2D eigenvalue weighted by Crippen LogP contribution is -2.50. The Hall–Kier alpha value is -3.21. The fourth-order valence-electron chi connectivity index (χ4n) is 6.45. The summed E-state index contributed by atoms with van der Waals surface area (Å²) in [6.07, 6.45) is 11.4. The van der Waals surface area contributed by atoms with Crippen LogP contribution in [0.5, 0.6) is 0 Å². The number of fused-ring (bicyclic) bond motifs is 3. The number of ether oxygens (including phenoxy) is 2. The molecule has 3 unspecified atom stereocenters. The Morgan fingerprint density at radius 1 is 1.18 bits per heavy atom. The molecule has 10 heteroatoms. The molecule has 2 saturated heterocycles. The molecule has 1 aromatic heterocycles. The molecule has 2 bridgehead atoms. The summed E-state index contributed by atoms with van der Waals surface area (Å²) < 4.78 is 31.5. The SMILES string of the molecule is C=C1OC2COCC2n2c3c(n(C)c2=O)C=N/C(=C/C(F)=C\1C1=CN(C)C(N2CCC(N(C)C)CC2)C=C1)C3. The van der Waals surface area contributed by atoms with Crippen molar-refractivity contribution in [1.82, 2.24) is 23.8 Å². The van der Waals surface area contributed by atoms with Crippen LogP contribution in [-0.2, 0) is 22.9 Å². The highest BCUT2D eigenvalue weighted by Gasteiger charge is 2.38. The minimum absolute atomic E-state index is 0.104. The van der Waals surface area contributed by atoms with Crippen LogP contribution in [0.25, 0.3) is 0 Å². The van der Waals surface area contributed by atoms with Gasteiger partial charge in [-0.25, -0.2) is 9.18 Å². The molecule has 6 rings (SSSR count). The number of piperidine rings is 1. The second kappa shape index (κ2) is 10.1. The molecular weight excluding hydrogens is 499 g/mol. The van der Waals surface area contributed by atoms with E-state index in [-0.39, 0.29) is 23.7 Å². The van der Waals surface area contributed by atoms with Crippen LogP contribution in [0.15, 0.2) is 69.2 Å².